The lowest BCUT2D eigenvalue weighted by Gasteiger charge is -2.14. The van der Waals surface area contributed by atoms with Gasteiger partial charge in [-0.2, -0.15) is 0 Å². The Bertz CT molecular complexity index is 531. The molecule has 1 aromatic carbocycles. The van der Waals surface area contributed by atoms with Crippen LogP contribution in [0.5, 0.6) is 0 Å². The zero-order valence-corrected chi connectivity index (χ0v) is 12.1. The van der Waals surface area contributed by atoms with Crippen LogP contribution in [0.3, 0.4) is 0 Å². The number of nitrogens with zero attached hydrogens (tertiary/aromatic N) is 1. The topological polar surface area (TPSA) is 52.0 Å². The van der Waals surface area contributed by atoms with Crippen molar-refractivity contribution in [2.75, 3.05) is 6.54 Å². The van der Waals surface area contributed by atoms with E-state index in [1.807, 2.05) is 6.07 Å². The third kappa shape index (κ3) is 3.57. The van der Waals surface area contributed by atoms with Crippen LogP contribution in [0.25, 0.3) is 11.1 Å². The Morgan fingerprint density at radius 2 is 2.11 bits per heavy atom. The minimum Gasteiger partial charge on any atom is -0.441 e. The molecule has 0 saturated carbocycles. The van der Waals surface area contributed by atoms with Crippen molar-refractivity contribution >= 4 is 11.1 Å². The molecular formula is C16H24N2O. The Morgan fingerprint density at radius 3 is 2.74 bits per heavy atom. The Balaban J connectivity index is 2.16. The predicted octanol–water partition coefficient (Wildman–Crippen LogP) is 3.55. The third-order valence-electron chi connectivity index (χ3n) is 3.51. The number of oxazole rings is 1. The van der Waals surface area contributed by atoms with Gasteiger partial charge in [0.1, 0.15) is 5.52 Å². The first-order valence-electron chi connectivity index (χ1n) is 7.20. The molecule has 2 rings (SSSR count). The SMILES string of the molecule is CCc1ccc2oc(CC(CN)CC(C)C)nc2c1. The van der Waals surface area contributed by atoms with Crippen LogP contribution in [0, 0.1) is 11.8 Å². The highest BCUT2D eigenvalue weighted by Crippen LogP contribution is 2.21. The van der Waals surface area contributed by atoms with Crippen molar-refractivity contribution in [3.05, 3.63) is 29.7 Å². The highest BCUT2D eigenvalue weighted by atomic mass is 16.3. The van der Waals surface area contributed by atoms with Crippen LogP contribution in [0.4, 0.5) is 0 Å². The van der Waals surface area contributed by atoms with Gasteiger partial charge in [-0.05, 0) is 48.9 Å². The van der Waals surface area contributed by atoms with Crippen molar-refractivity contribution in [3.63, 3.8) is 0 Å². The maximum absolute atomic E-state index is 5.84. The summed E-state index contributed by atoms with van der Waals surface area (Å²) in [5.41, 5.74) is 8.98. The molecule has 1 atom stereocenters. The summed E-state index contributed by atoms with van der Waals surface area (Å²) in [5, 5.41) is 0. The maximum atomic E-state index is 5.84. The zero-order valence-electron chi connectivity index (χ0n) is 12.1. The number of hydrogen-bond donors (Lipinski definition) is 1. The van der Waals surface area contributed by atoms with Crippen LogP contribution in [0.15, 0.2) is 22.6 Å². The number of benzene rings is 1. The lowest BCUT2D eigenvalue weighted by molar-refractivity contribution is 0.380. The second kappa shape index (κ2) is 6.20. The van der Waals surface area contributed by atoms with Crippen LogP contribution in [-0.4, -0.2) is 11.5 Å². The largest absolute Gasteiger partial charge is 0.441 e. The minimum absolute atomic E-state index is 0.457. The quantitative estimate of drug-likeness (QED) is 0.864. The third-order valence-corrected chi connectivity index (χ3v) is 3.51. The predicted molar refractivity (Wildman–Crippen MR) is 79.1 cm³/mol. The van der Waals surface area contributed by atoms with Crippen molar-refractivity contribution in [1.29, 1.82) is 0 Å². The molecule has 1 heterocycles. The molecule has 3 nitrogen and oxygen atoms in total. The second-order valence-electron chi connectivity index (χ2n) is 5.70. The van der Waals surface area contributed by atoms with Gasteiger partial charge in [0, 0.05) is 6.42 Å². The van der Waals surface area contributed by atoms with Crippen molar-refractivity contribution in [2.45, 2.75) is 40.0 Å². The van der Waals surface area contributed by atoms with Gasteiger partial charge in [-0.1, -0.05) is 26.8 Å². The maximum Gasteiger partial charge on any atom is 0.195 e. The highest BCUT2D eigenvalue weighted by molar-refractivity contribution is 5.73. The fourth-order valence-electron chi connectivity index (χ4n) is 2.50. The van der Waals surface area contributed by atoms with Gasteiger partial charge in [0.05, 0.1) is 0 Å². The molecule has 3 heteroatoms. The van der Waals surface area contributed by atoms with Crippen LogP contribution in [0.1, 0.15) is 38.6 Å². The monoisotopic (exact) mass is 260 g/mol. The van der Waals surface area contributed by atoms with E-state index in [-0.39, 0.29) is 0 Å². The molecule has 0 amide bonds. The Labute approximate surface area is 115 Å². The molecule has 19 heavy (non-hydrogen) atoms. The number of aromatic nitrogens is 1. The molecule has 0 saturated heterocycles. The van der Waals surface area contributed by atoms with Gasteiger partial charge in [0.2, 0.25) is 0 Å². The lowest BCUT2D eigenvalue weighted by Crippen LogP contribution is -2.18. The average Bonchev–Trinajstić information content (AvgIpc) is 2.78. The number of aryl methyl sites for hydroxylation is 1. The number of rotatable bonds is 6. The zero-order chi connectivity index (χ0) is 13.8. The molecular weight excluding hydrogens is 236 g/mol. The van der Waals surface area contributed by atoms with Crippen molar-refractivity contribution < 1.29 is 4.42 Å². The molecule has 1 aromatic heterocycles. The van der Waals surface area contributed by atoms with E-state index < -0.39 is 0 Å². The van der Waals surface area contributed by atoms with Gasteiger partial charge >= 0.3 is 0 Å². The number of hydrogen-bond acceptors (Lipinski definition) is 3. The van der Waals surface area contributed by atoms with Crippen LogP contribution in [-0.2, 0) is 12.8 Å². The summed E-state index contributed by atoms with van der Waals surface area (Å²) in [4.78, 5) is 4.59. The Hall–Kier alpha value is -1.35. The average molecular weight is 260 g/mol. The summed E-state index contributed by atoms with van der Waals surface area (Å²) in [6.45, 7) is 7.29. The first-order valence-corrected chi connectivity index (χ1v) is 7.20. The first kappa shape index (κ1) is 14.1. The fourth-order valence-corrected chi connectivity index (χ4v) is 2.50. The first-order chi connectivity index (χ1) is 9.12. The van der Waals surface area contributed by atoms with E-state index in [2.05, 4.69) is 37.9 Å². The molecule has 0 bridgehead atoms. The van der Waals surface area contributed by atoms with Crippen molar-refractivity contribution in [2.24, 2.45) is 17.6 Å². The van der Waals surface area contributed by atoms with E-state index in [9.17, 15) is 0 Å². The van der Waals surface area contributed by atoms with Crippen LogP contribution >= 0.6 is 0 Å². The standard InChI is InChI=1S/C16H24N2O/c1-4-12-5-6-15-14(8-12)18-16(19-15)9-13(10-17)7-11(2)3/h5-6,8,11,13H,4,7,9-10,17H2,1-3H3. The minimum atomic E-state index is 0.457. The molecule has 104 valence electrons. The van der Waals surface area contributed by atoms with E-state index in [0.717, 1.165) is 36.3 Å². The molecule has 0 spiro atoms. The van der Waals surface area contributed by atoms with E-state index in [1.165, 1.54) is 5.56 Å². The summed E-state index contributed by atoms with van der Waals surface area (Å²) in [6.07, 6.45) is 2.98. The van der Waals surface area contributed by atoms with Crippen molar-refractivity contribution in [1.82, 2.24) is 4.98 Å². The van der Waals surface area contributed by atoms with Gasteiger partial charge in [0.25, 0.3) is 0 Å². The summed E-state index contributed by atoms with van der Waals surface area (Å²) < 4.78 is 5.81. The summed E-state index contributed by atoms with van der Waals surface area (Å²) in [5.74, 6) is 1.93. The van der Waals surface area contributed by atoms with Crippen molar-refractivity contribution in [3.8, 4) is 0 Å². The second-order valence-corrected chi connectivity index (χ2v) is 5.70. The number of nitrogens with two attached hydrogens (primary N) is 1. The van der Waals surface area contributed by atoms with E-state index in [1.54, 1.807) is 0 Å². The highest BCUT2D eigenvalue weighted by Gasteiger charge is 2.14. The molecule has 2 N–H and O–H groups in total. The molecule has 0 aliphatic heterocycles. The molecule has 1 unspecified atom stereocenters. The molecule has 0 aliphatic rings. The van der Waals surface area contributed by atoms with Gasteiger partial charge in [0.15, 0.2) is 11.5 Å². The van der Waals surface area contributed by atoms with E-state index in [0.29, 0.717) is 18.4 Å². The molecule has 2 aromatic rings. The summed E-state index contributed by atoms with van der Waals surface area (Å²) in [7, 11) is 0. The van der Waals surface area contributed by atoms with Crippen LogP contribution in [0.2, 0.25) is 0 Å². The smallest absolute Gasteiger partial charge is 0.195 e. The van der Waals surface area contributed by atoms with E-state index in [4.69, 9.17) is 10.2 Å². The molecule has 0 aliphatic carbocycles. The molecule has 0 fully saturated rings. The Morgan fingerprint density at radius 1 is 1.32 bits per heavy atom. The van der Waals surface area contributed by atoms with Gasteiger partial charge in [-0.3, -0.25) is 0 Å². The Kier molecular flexibility index (Phi) is 4.59. The van der Waals surface area contributed by atoms with E-state index >= 15 is 0 Å². The summed E-state index contributed by atoms with van der Waals surface area (Å²) >= 11 is 0. The van der Waals surface area contributed by atoms with Gasteiger partial charge < -0.3 is 10.2 Å². The molecule has 0 radical (unpaired) electrons. The van der Waals surface area contributed by atoms with Crippen LogP contribution < -0.4 is 5.73 Å². The normalized spacial score (nSPS) is 13.3. The lowest BCUT2D eigenvalue weighted by atomic mass is 9.94. The number of fused-ring (bicyclic) bond motifs is 1. The summed E-state index contributed by atoms with van der Waals surface area (Å²) in [6, 6.07) is 6.23. The fraction of sp³-hybridized carbons (Fsp3) is 0.562. The van der Waals surface area contributed by atoms with Gasteiger partial charge in [-0.25, -0.2) is 4.98 Å². The van der Waals surface area contributed by atoms with Gasteiger partial charge in [-0.15, -0.1) is 0 Å².